The summed E-state index contributed by atoms with van der Waals surface area (Å²) in [5.41, 5.74) is 0.852. The first-order valence-corrected chi connectivity index (χ1v) is 6.52. The molecule has 6 nitrogen and oxygen atoms in total. The summed E-state index contributed by atoms with van der Waals surface area (Å²) in [6.45, 7) is 0. The zero-order valence-corrected chi connectivity index (χ0v) is 12.4. The Hall–Kier alpha value is -2.59. The Kier molecular flexibility index (Phi) is 4.10. The Labute approximate surface area is 128 Å². The number of hydrogen-bond donors (Lipinski definition) is 1. The van der Waals surface area contributed by atoms with Gasteiger partial charge in [-0.05, 0) is 39.7 Å². The van der Waals surface area contributed by atoms with Gasteiger partial charge >= 0.3 is 5.69 Å². The quantitative estimate of drug-likeness (QED) is 0.674. The molecule has 0 aliphatic heterocycles. The van der Waals surface area contributed by atoms with E-state index in [2.05, 4.69) is 15.9 Å². The van der Waals surface area contributed by atoms with E-state index in [0.29, 0.717) is 21.2 Å². The van der Waals surface area contributed by atoms with Crippen LogP contribution in [-0.4, -0.2) is 17.1 Å². The number of nitro groups is 1. The van der Waals surface area contributed by atoms with Crippen molar-refractivity contribution in [3.05, 3.63) is 50.5 Å². The van der Waals surface area contributed by atoms with Gasteiger partial charge < -0.3 is 9.84 Å². The number of nitrogens with zero attached hydrogens (tertiary/aromatic N) is 2. The van der Waals surface area contributed by atoms with Crippen LogP contribution in [0, 0.1) is 21.4 Å². The van der Waals surface area contributed by atoms with E-state index in [1.165, 1.54) is 31.4 Å². The van der Waals surface area contributed by atoms with Crippen LogP contribution in [0.5, 0.6) is 11.5 Å². The summed E-state index contributed by atoms with van der Waals surface area (Å²) >= 11 is 3.15. The lowest BCUT2D eigenvalue weighted by molar-refractivity contribution is -0.385. The smallest absolute Gasteiger partial charge is 0.311 e. The number of ether oxygens (including phenoxy) is 1. The number of hydrogen-bond acceptors (Lipinski definition) is 5. The number of aromatic hydroxyl groups is 1. The third-order valence-corrected chi connectivity index (χ3v) is 3.48. The van der Waals surface area contributed by atoms with Gasteiger partial charge in [0.2, 0.25) is 0 Å². The Bertz CT molecular complexity index is 768. The second-order valence-electron chi connectivity index (χ2n) is 4.11. The van der Waals surface area contributed by atoms with Crippen LogP contribution in [0.2, 0.25) is 0 Å². The summed E-state index contributed by atoms with van der Waals surface area (Å²) in [5, 5.41) is 30.1. The summed E-state index contributed by atoms with van der Waals surface area (Å²) in [4.78, 5) is 10.5. The molecule has 0 unspecified atom stereocenters. The van der Waals surface area contributed by atoms with Crippen molar-refractivity contribution in [2.24, 2.45) is 0 Å². The van der Waals surface area contributed by atoms with Gasteiger partial charge in [-0.3, -0.25) is 10.1 Å². The van der Waals surface area contributed by atoms with Gasteiger partial charge in [0.15, 0.2) is 5.75 Å². The van der Waals surface area contributed by atoms with E-state index in [-0.39, 0.29) is 17.2 Å². The highest BCUT2D eigenvalue weighted by atomic mass is 79.9. The van der Waals surface area contributed by atoms with E-state index >= 15 is 0 Å². The topological polar surface area (TPSA) is 96.4 Å². The summed E-state index contributed by atoms with van der Waals surface area (Å²) in [5.74, 6) is 0.0345. The van der Waals surface area contributed by atoms with E-state index < -0.39 is 4.92 Å². The molecule has 106 valence electrons. The number of nitro benzene ring substituents is 1. The van der Waals surface area contributed by atoms with E-state index in [9.17, 15) is 15.2 Å². The number of phenolic OH excluding ortho intramolecular Hbond substituents is 1. The van der Waals surface area contributed by atoms with Crippen LogP contribution in [0.15, 0.2) is 34.8 Å². The Morgan fingerprint density at radius 3 is 2.67 bits per heavy atom. The van der Waals surface area contributed by atoms with Gasteiger partial charge in [0.05, 0.1) is 28.1 Å². The molecule has 0 fully saturated rings. The summed E-state index contributed by atoms with van der Waals surface area (Å²) in [6.07, 6.45) is 0. The lowest BCUT2D eigenvalue weighted by Gasteiger charge is -2.09. The van der Waals surface area contributed by atoms with Gasteiger partial charge in [-0.25, -0.2) is 0 Å². The molecule has 0 atom stereocenters. The van der Waals surface area contributed by atoms with Gasteiger partial charge in [0.1, 0.15) is 5.75 Å². The predicted octanol–water partition coefficient (Wildman–Crippen LogP) is 3.61. The molecular formula is C14H9BrN2O4. The van der Waals surface area contributed by atoms with E-state index in [1.807, 2.05) is 6.07 Å². The minimum Gasteiger partial charge on any atom is -0.506 e. The number of methoxy groups -OCH3 is 1. The number of phenols is 1. The first kappa shape index (κ1) is 14.8. The van der Waals surface area contributed by atoms with Crippen LogP contribution >= 0.6 is 15.9 Å². The Morgan fingerprint density at radius 2 is 2.10 bits per heavy atom. The maximum Gasteiger partial charge on any atom is 0.311 e. The van der Waals surface area contributed by atoms with Crippen molar-refractivity contribution in [1.29, 1.82) is 5.26 Å². The van der Waals surface area contributed by atoms with Crippen LogP contribution < -0.4 is 4.74 Å². The molecule has 21 heavy (non-hydrogen) atoms. The van der Waals surface area contributed by atoms with E-state index in [4.69, 9.17) is 10.00 Å². The fraction of sp³-hybridized carbons (Fsp3) is 0.0714. The SMILES string of the molecule is COc1ccc(-c2cc(C#N)cc(Br)c2O)cc1[N+](=O)[O-]. The first-order valence-electron chi connectivity index (χ1n) is 5.73. The maximum atomic E-state index is 11.0. The second kappa shape index (κ2) is 5.81. The number of halogens is 1. The molecule has 0 radical (unpaired) electrons. The average Bonchev–Trinajstić information content (AvgIpc) is 2.49. The van der Waals surface area contributed by atoms with Crippen LogP contribution in [-0.2, 0) is 0 Å². The molecular weight excluding hydrogens is 340 g/mol. The van der Waals surface area contributed by atoms with Gasteiger partial charge in [-0.1, -0.05) is 6.07 Å². The fourth-order valence-corrected chi connectivity index (χ4v) is 2.34. The molecule has 0 amide bonds. The van der Waals surface area contributed by atoms with Crippen molar-refractivity contribution in [3.8, 4) is 28.7 Å². The van der Waals surface area contributed by atoms with Gasteiger partial charge in [0, 0.05) is 11.6 Å². The molecule has 7 heteroatoms. The molecule has 1 N–H and O–H groups in total. The minimum atomic E-state index is -0.567. The van der Waals surface area contributed by atoms with Crippen molar-refractivity contribution >= 4 is 21.6 Å². The van der Waals surface area contributed by atoms with Crippen molar-refractivity contribution in [1.82, 2.24) is 0 Å². The summed E-state index contributed by atoms with van der Waals surface area (Å²) in [7, 11) is 1.34. The summed E-state index contributed by atoms with van der Waals surface area (Å²) < 4.78 is 5.27. The normalized spacial score (nSPS) is 9.95. The van der Waals surface area contributed by atoms with Crippen LogP contribution in [0.25, 0.3) is 11.1 Å². The molecule has 0 bridgehead atoms. The minimum absolute atomic E-state index is 0.0894. The molecule has 2 rings (SSSR count). The van der Waals surface area contributed by atoms with Crippen molar-refractivity contribution < 1.29 is 14.8 Å². The number of benzene rings is 2. The molecule has 2 aromatic carbocycles. The monoisotopic (exact) mass is 348 g/mol. The first-order chi connectivity index (χ1) is 9.97. The van der Waals surface area contributed by atoms with Gasteiger partial charge in [-0.2, -0.15) is 5.26 Å². The third-order valence-electron chi connectivity index (χ3n) is 2.88. The average molecular weight is 349 g/mol. The highest BCUT2D eigenvalue weighted by Crippen LogP contribution is 2.39. The maximum absolute atomic E-state index is 11.0. The Balaban J connectivity index is 2.68. The van der Waals surface area contributed by atoms with Crippen LogP contribution in [0.4, 0.5) is 5.69 Å². The van der Waals surface area contributed by atoms with E-state index in [0.717, 1.165) is 0 Å². The zero-order chi connectivity index (χ0) is 15.6. The largest absolute Gasteiger partial charge is 0.506 e. The molecule has 0 aromatic heterocycles. The molecule has 0 heterocycles. The van der Waals surface area contributed by atoms with Crippen molar-refractivity contribution in [2.75, 3.05) is 7.11 Å². The Morgan fingerprint density at radius 1 is 1.38 bits per heavy atom. The molecule has 2 aromatic rings. The lowest BCUT2D eigenvalue weighted by Crippen LogP contribution is -1.94. The number of nitriles is 1. The molecule has 0 saturated heterocycles. The highest BCUT2D eigenvalue weighted by molar-refractivity contribution is 9.10. The highest BCUT2D eigenvalue weighted by Gasteiger charge is 2.18. The predicted molar refractivity (Wildman–Crippen MR) is 79.2 cm³/mol. The fourth-order valence-electron chi connectivity index (χ4n) is 1.88. The molecule has 0 aliphatic carbocycles. The van der Waals surface area contributed by atoms with Crippen molar-refractivity contribution in [3.63, 3.8) is 0 Å². The second-order valence-corrected chi connectivity index (χ2v) is 4.96. The number of rotatable bonds is 3. The van der Waals surface area contributed by atoms with Gasteiger partial charge in [-0.15, -0.1) is 0 Å². The standard InChI is InChI=1S/C14H9BrN2O4/c1-21-13-3-2-9(6-12(13)17(19)20)10-4-8(7-16)5-11(15)14(10)18/h2-6,18H,1H3. The lowest BCUT2D eigenvalue weighted by atomic mass is 10.0. The molecule has 0 spiro atoms. The summed E-state index contributed by atoms with van der Waals surface area (Å²) in [6, 6.07) is 9.21. The van der Waals surface area contributed by atoms with E-state index in [1.54, 1.807) is 6.07 Å². The molecule has 0 aliphatic rings. The van der Waals surface area contributed by atoms with Crippen LogP contribution in [0.3, 0.4) is 0 Å². The van der Waals surface area contributed by atoms with Crippen LogP contribution in [0.1, 0.15) is 5.56 Å². The molecule has 0 saturated carbocycles. The zero-order valence-electron chi connectivity index (χ0n) is 10.8. The van der Waals surface area contributed by atoms with Crippen molar-refractivity contribution in [2.45, 2.75) is 0 Å². The van der Waals surface area contributed by atoms with Gasteiger partial charge in [0.25, 0.3) is 0 Å². The third kappa shape index (κ3) is 2.80.